The number of amides is 2. The van der Waals surface area contributed by atoms with E-state index in [1.807, 2.05) is 42.0 Å². The summed E-state index contributed by atoms with van der Waals surface area (Å²) in [7, 11) is 0. The van der Waals surface area contributed by atoms with Crippen LogP contribution in [0.1, 0.15) is 19.5 Å². The van der Waals surface area contributed by atoms with Gasteiger partial charge < -0.3 is 18.9 Å². The van der Waals surface area contributed by atoms with Crippen LogP contribution in [0.15, 0.2) is 42.7 Å². The molecule has 3 aromatic rings. The molecule has 1 fully saturated rings. The summed E-state index contributed by atoms with van der Waals surface area (Å²) in [6.45, 7) is 5.89. The van der Waals surface area contributed by atoms with E-state index in [1.54, 1.807) is 24.1 Å². The maximum atomic E-state index is 12.8. The van der Waals surface area contributed by atoms with Gasteiger partial charge in [0.15, 0.2) is 0 Å². The lowest BCUT2D eigenvalue weighted by molar-refractivity contribution is -0.120. The van der Waals surface area contributed by atoms with Crippen LogP contribution in [0.3, 0.4) is 0 Å². The number of ether oxygens (including phenoxy) is 2. The number of carbonyl (C=O) groups is 2. The van der Waals surface area contributed by atoms with Gasteiger partial charge in [0.2, 0.25) is 11.8 Å². The highest BCUT2D eigenvalue weighted by Gasteiger charge is 2.30. The third-order valence-corrected chi connectivity index (χ3v) is 5.15. The molecule has 2 amide bonds. The fourth-order valence-electron chi connectivity index (χ4n) is 3.59. The van der Waals surface area contributed by atoms with Gasteiger partial charge in [0.25, 0.3) is 0 Å². The van der Waals surface area contributed by atoms with Crippen molar-refractivity contribution in [3.63, 3.8) is 0 Å². The largest absolute Gasteiger partial charge is 0.471 e. The van der Waals surface area contributed by atoms with E-state index in [0.717, 1.165) is 22.4 Å². The van der Waals surface area contributed by atoms with Gasteiger partial charge in [-0.25, -0.2) is 4.79 Å². The number of fused-ring (bicyclic) bond motifs is 1. The molecule has 31 heavy (non-hydrogen) atoms. The summed E-state index contributed by atoms with van der Waals surface area (Å²) in [5.41, 5.74) is 2.35. The monoisotopic (exact) mass is 423 g/mol. The van der Waals surface area contributed by atoms with Gasteiger partial charge in [-0.15, -0.1) is 0 Å². The summed E-state index contributed by atoms with van der Waals surface area (Å²) in [6, 6.07) is 9.39. The fraction of sp³-hybridized carbons (Fsp3) is 0.364. The van der Waals surface area contributed by atoms with Crippen molar-refractivity contribution in [2.24, 2.45) is 0 Å². The number of hydrogen-bond donors (Lipinski definition) is 0. The molecular weight excluding hydrogens is 398 g/mol. The van der Waals surface area contributed by atoms with Crippen molar-refractivity contribution in [1.29, 1.82) is 0 Å². The zero-order chi connectivity index (χ0) is 21.8. The zero-order valence-electron chi connectivity index (χ0n) is 17.7. The van der Waals surface area contributed by atoms with Gasteiger partial charge in [0, 0.05) is 43.5 Å². The van der Waals surface area contributed by atoms with Crippen LogP contribution in [-0.4, -0.2) is 57.7 Å². The van der Waals surface area contributed by atoms with E-state index < -0.39 is 6.09 Å². The Bertz CT molecular complexity index is 1080. The molecule has 0 bridgehead atoms. The van der Waals surface area contributed by atoms with Crippen LogP contribution in [-0.2, 0) is 22.7 Å². The first-order chi connectivity index (χ1) is 15.1. The molecule has 9 nitrogen and oxygen atoms in total. The SMILES string of the molecule is CCOC(=O)N1CCN(c2cn(CC)c3nc(OCc4ccccn4)ccc23)C(=O)C1. The first-order valence-electron chi connectivity index (χ1n) is 10.3. The van der Waals surface area contributed by atoms with Crippen LogP contribution in [0.2, 0.25) is 0 Å². The maximum absolute atomic E-state index is 12.8. The average molecular weight is 423 g/mol. The molecule has 0 spiro atoms. The molecular formula is C22H25N5O4. The van der Waals surface area contributed by atoms with Gasteiger partial charge in [0.1, 0.15) is 18.8 Å². The summed E-state index contributed by atoms with van der Waals surface area (Å²) in [5.74, 6) is 0.348. The van der Waals surface area contributed by atoms with E-state index in [4.69, 9.17) is 9.47 Å². The zero-order valence-corrected chi connectivity index (χ0v) is 17.7. The molecule has 162 valence electrons. The second kappa shape index (κ2) is 9.03. The molecule has 9 heteroatoms. The molecule has 0 radical (unpaired) electrons. The summed E-state index contributed by atoms with van der Waals surface area (Å²) in [5, 5.41) is 0.866. The number of nitrogens with zero attached hydrogens (tertiary/aromatic N) is 5. The number of aryl methyl sites for hydroxylation is 1. The highest BCUT2D eigenvalue weighted by Crippen LogP contribution is 2.31. The number of carbonyl (C=O) groups excluding carboxylic acids is 2. The lowest BCUT2D eigenvalue weighted by atomic mass is 10.2. The van der Waals surface area contributed by atoms with E-state index in [2.05, 4.69) is 9.97 Å². The topological polar surface area (TPSA) is 89.8 Å². The predicted molar refractivity (Wildman–Crippen MR) is 115 cm³/mol. The second-order valence-corrected chi connectivity index (χ2v) is 7.10. The van der Waals surface area contributed by atoms with Crippen LogP contribution in [0.4, 0.5) is 10.5 Å². The van der Waals surface area contributed by atoms with Crippen LogP contribution in [0, 0.1) is 0 Å². The number of hydrogen-bond acceptors (Lipinski definition) is 6. The van der Waals surface area contributed by atoms with E-state index in [0.29, 0.717) is 32.1 Å². The normalized spacial score (nSPS) is 14.2. The Morgan fingerprint density at radius 1 is 1.16 bits per heavy atom. The van der Waals surface area contributed by atoms with Gasteiger partial charge in [-0.3, -0.25) is 14.7 Å². The minimum atomic E-state index is -0.456. The second-order valence-electron chi connectivity index (χ2n) is 7.10. The molecule has 0 aliphatic carbocycles. The number of rotatable bonds is 6. The van der Waals surface area contributed by atoms with E-state index in [-0.39, 0.29) is 19.1 Å². The average Bonchev–Trinajstić information content (AvgIpc) is 3.16. The number of piperazine rings is 1. The van der Waals surface area contributed by atoms with Crippen molar-refractivity contribution in [2.75, 3.05) is 31.1 Å². The summed E-state index contributed by atoms with van der Waals surface area (Å²) in [4.78, 5) is 36.8. The fourth-order valence-corrected chi connectivity index (χ4v) is 3.59. The van der Waals surface area contributed by atoms with Crippen molar-refractivity contribution < 1.29 is 19.1 Å². The maximum Gasteiger partial charge on any atom is 0.410 e. The summed E-state index contributed by atoms with van der Waals surface area (Å²) in [6.07, 6.45) is 3.20. The van der Waals surface area contributed by atoms with E-state index in [1.165, 1.54) is 4.90 Å². The van der Waals surface area contributed by atoms with Gasteiger partial charge in [-0.1, -0.05) is 6.07 Å². The van der Waals surface area contributed by atoms with Crippen molar-refractivity contribution in [3.05, 3.63) is 48.4 Å². The third-order valence-electron chi connectivity index (χ3n) is 5.15. The van der Waals surface area contributed by atoms with Crippen LogP contribution in [0.25, 0.3) is 11.0 Å². The third kappa shape index (κ3) is 4.30. The lowest BCUT2D eigenvalue weighted by Crippen LogP contribution is -2.52. The van der Waals surface area contributed by atoms with Gasteiger partial charge in [0.05, 0.1) is 18.0 Å². The summed E-state index contributed by atoms with van der Waals surface area (Å²) < 4.78 is 12.8. The van der Waals surface area contributed by atoms with Crippen LogP contribution in [0.5, 0.6) is 5.88 Å². The molecule has 4 heterocycles. The van der Waals surface area contributed by atoms with Gasteiger partial charge in [-0.05, 0) is 32.0 Å². The van der Waals surface area contributed by atoms with Crippen molar-refractivity contribution in [2.45, 2.75) is 27.0 Å². The first kappa shape index (κ1) is 20.6. The van der Waals surface area contributed by atoms with E-state index in [9.17, 15) is 9.59 Å². The molecule has 3 aromatic heterocycles. The molecule has 1 saturated heterocycles. The minimum Gasteiger partial charge on any atom is -0.471 e. The first-order valence-corrected chi connectivity index (χ1v) is 10.3. The minimum absolute atomic E-state index is 0.00364. The van der Waals surface area contributed by atoms with Gasteiger partial charge in [-0.2, -0.15) is 4.98 Å². The Kier molecular flexibility index (Phi) is 6.01. The van der Waals surface area contributed by atoms with Crippen LogP contribution >= 0.6 is 0 Å². The Morgan fingerprint density at radius 3 is 2.74 bits per heavy atom. The number of aromatic nitrogens is 3. The molecule has 0 unspecified atom stereocenters. The molecule has 1 aliphatic rings. The smallest absolute Gasteiger partial charge is 0.410 e. The predicted octanol–water partition coefficient (Wildman–Crippen LogP) is 2.84. The molecule has 0 atom stereocenters. The Balaban J connectivity index is 1.55. The van der Waals surface area contributed by atoms with E-state index >= 15 is 0 Å². The highest BCUT2D eigenvalue weighted by molar-refractivity contribution is 6.04. The summed E-state index contributed by atoms with van der Waals surface area (Å²) >= 11 is 0. The molecule has 0 N–H and O–H groups in total. The van der Waals surface area contributed by atoms with Gasteiger partial charge >= 0.3 is 6.09 Å². The number of pyridine rings is 2. The Hall–Kier alpha value is -3.62. The molecule has 4 rings (SSSR count). The lowest BCUT2D eigenvalue weighted by Gasteiger charge is -2.33. The molecule has 1 aliphatic heterocycles. The Labute approximate surface area is 180 Å². The molecule has 0 aromatic carbocycles. The van der Waals surface area contributed by atoms with Crippen LogP contribution < -0.4 is 9.64 Å². The quantitative estimate of drug-likeness (QED) is 0.606. The van der Waals surface area contributed by atoms with Crippen molar-refractivity contribution in [3.8, 4) is 5.88 Å². The number of anilines is 1. The molecule has 0 saturated carbocycles. The standard InChI is InChI=1S/C22H25N5O4/c1-3-25-13-18(27-12-11-26(14-20(27)28)22(29)30-4-2)17-8-9-19(24-21(17)25)31-15-16-7-5-6-10-23-16/h5-10,13H,3-4,11-12,14-15H2,1-2H3. The Morgan fingerprint density at radius 2 is 2.03 bits per heavy atom. The van der Waals surface area contributed by atoms with Crippen molar-refractivity contribution in [1.82, 2.24) is 19.4 Å². The van der Waals surface area contributed by atoms with Crippen molar-refractivity contribution >= 4 is 28.7 Å². The highest BCUT2D eigenvalue weighted by atomic mass is 16.6.